The first kappa shape index (κ1) is 14.0. The van der Waals surface area contributed by atoms with Gasteiger partial charge in [0.1, 0.15) is 0 Å². The van der Waals surface area contributed by atoms with Crippen molar-refractivity contribution >= 4 is 22.4 Å². The summed E-state index contributed by atoms with van der Waals surface area (Å²) in [6.45, 7) is 0. The van der Waals surface area contributed by atoms with Crippen LogP contribution < -0.4 is 4.90 Å². The number of anilines is 1. The van der Waals surface area contributed by atoms with E-state index in [-0.39, 0.29) is 6.04 Å². The molecule has 0 saturated carbocycles. The number of likely N-dealkylation sites (N-methyl/N-ethyl adjacent to an activating group) is 1. The van der Waals surface area contributed by atoms with Gasteiger partial charge in [0.25, 0.3) is 0 Å². The number of fused-ring (bicyclic) bond motifs is 2. The Balaban J connectivity index is 1.87. The second-order valence-electron chi connectivity index (χ2n) is 6.18. The number of hydrogen-bond donors (Lipinski definition) is 1. The maximum absolute atomic E-state index is 4.77. The van der Waals surface area contributed by atoms with Crippen LogP contribution in [0.5, 0.6) is 0 Å². The molecule has 0 saturated heterocycles. The van der Waals surface area contributed by atoms with E-state index in [2.05, 4.69) is 72.3 Å². The van der Waals surface area contributed by atoms with Gasteiger partial charge < -0.3 is 9.88 Å². The van der Waals surface area contributed by atoms with Gasteiger partial charge in [0.15, 0.2) is 5.82 Å². The summed E-state index contributed by atoms with van der Waals surface area (Å²) in [5, 5.41) is 0. The van der Waals surface area contributed by atoms with Crippen molar-refractivity contribution in [2.24, 2.45) is 0 Å². The summed E-state index contributed by atoms with van der Waals surface area (Å²) in [6.07, 6.45) is 2.28. The standard InChI is InChI=1S/C19H20N4/c1-22(2)17-12-18(23(3)16-11-7-4-8-13(16)17)19-20-14-9-5-6-10-15(14)21-19/h4-12,17H,1-3H3,(H,20,21). The summed E-state index contributed by atoms with van der Waals surface area (Å²) in [4.78, 5) is 12.7. The summed E-state index contributed by atoms with van der Waals surface area (Å²) in [5.74, 6) is 0.912. The molecule has 1 aromatic heterocycles. The van der Waals surface area contributed by atoms with E-state index in [1.54, 1.807) is 0 Å². The van der Waals surface area contributed by atoms with Crippen molar-refractivity contribution in [1.29, 1.82) is 0 Å². The predicted octanol–water partition coefficient (Wildman–Crippen LogP) is 3.66. The zero-order valence-corrected chi connectivity index (χ0v) is 13.6. The molecule has 0 fully saturated rings. The molecule has 0 bridgehead atoms. The SMILES string of the molecule is CN1C(c2nc3ccccc3[nH]2)=CC(N(C)C)c2ccccc21. The van der Waals surface area contributed by atoms with Crippen molar-refractivity contribution in [3.8, 4) is 0 Å². The van der Waals surface area contributed by atoms with Crippen LogP contribution in [0.15, 0.2) is 54.6 Å². The van der Waals surface area contributed by atoms with Crippen molar-refractivity contribution in [1.82, 2.24) is 14.9 Å². The van der Waals surface area contributed by atoms with E-state index in [1.807, 2.05) is 18.2 Å². The predicted molar refractivity (Wildman–Crippen MR) is 95.3 cm³/mol. The van der Waals surface area contributed by atoms with Crippen LogP contribution in [0.1, 0.15) is 17.4 Å². The maximum Gasteiger partial charge on any atom is 0.154 e. The Morgan fingerprint density at radius 1 is 1.04 bits per heavy atom. The maximum atomic E-state index is 4.77. The molecule has 0 aliphatic carbocycles. The molecule has 116 valence electrons. The molecule has 0 radical (unpaired) electrons. The number of nitrogens with zero attached hydrogens (tertiary/aromatic N) is 3. The Morgan fingerprint density at radius 2 is 1.78 bits per heavy atom. The van der Waals surface area contributed by atoms with Gasteiger partial charge in [-0.1, -0.05) is 30.3 Å². The molecule has 2 heterocycles. The highest BCUT2D eigenvalue weighted by Gasteiger charge is 2.27. The summed E-state index contributed by atoms with van der Waals surface area (Å²) < 4.78 is 0. The van der Waals surface area contributed by atoms with E-state index in [1.165, 1.54) is 11.3 Å². The third kappa shape index (κ3) is 2.23. The average Bonchev–Trinajstić information content (AvgIpc) is 2.99. The van der Waals surface area contributed by atoms with Crippen LogP contribution >= 0.6 is 0 Å². The lowest BCUT2D eigenvalue weighted by molar-refractivity contribution is 0.350. The number of aromatic nitrogens is 2. The number of rotatable bonds is 2. The number of aromatic amines is 1. The van der Waals surface area contributed by atoms with Crippen molar-refractivity contribution < 1.29 is 0 Å². The molecule has 3 aromatic rings. The molecule has 1 N–H and O–H groups in total. The molecule has 23 heavy (non-hydrogen) atoms. The minimum absolute atomic E-state index is 0.241. The Bertz CT molecular complexity index is 858. The van der Waals surface area contributed by atoms with Gasteiger partial charge in [0, 0.05) is 12.7 Å². The fourth-order valence-corrected chi connectivity index (χ4v) is 3.26. The second-order valence-corrected chi connectivity index (χ2v) is 6.18. The van der Waals surface area contributed by atoms with Crippen LogP contribution in [0, 0.1) is 0 Å². The molecule has 1 unspecified atom stereocenters. The van der Waals surface area contributed by atoms with Crippen LogP contribution in [0.3, 0.4) is 0 Å². The molecular weight excluding hydrogens is 284 g/mol. The summed E-state index contributed by atoms with van der Waals surface area (Å²) in [7, 11) is 6.32. The fourth-order valence-electron chi connectivity index (χ4n) is 3.26. The highest BCUT2D eigenvalue weighted by Crippen LogP contribution is 2.39. The first-order valence-electron chi connectivity index (χ1n) is 7.81. The molecular formula is C19H20N4. The molecule has 4 heteroatoms. The largest absolute Gasteiger partial charge is 0.342 e. The highest BCUT2D eigenvalue weighted by molar-refractivity contribution is 5.85. The van der Waals surface area contributed by atoms with E-state index >= 15 is 0 Å². The first-order valence-corrected chi connectivity index (χ1v) is 7.81. The Labute approximate surface area is 136 Å². The van der Waals surface area contributed by atoms with Gasteiger partial charge in [-0.3, -0.25) is 4.90 Å². The van der Waals surface area contributed by atoms with Crippen LogP contribution in [-0.4, -0.2) is 36.0 Å². The van der Waals surface area contributed by atoms with E-state index in [0.29, 0.717) is 0 Å². The first-order chi connectivity index (χ1) is 11.1. The zero-order valence-electron chi connectivity index (χ0n) is 13.6. The normalized spacial score (nSPS) is 17.5. The van der Waals surface area contributed by atoms with Crippen molar-refractivity contribution in [3.63, 3.8) is 0 Å². The minimum atomic E-state index is 0.241. The lowest BCUT2D eigenvalue weighted by Gasteiger charge is -2.35. The number of imidazole rings is 1. The van der Waals surface area contributed by atoms with Crippen molar-refractivity contribution in [2.75, 3.05) is 26.0 Å². The summed E-state index contributed by atoms with van der Waals surface area (Å²) >= 11 is 0. The fraction of sp³-hybridized carbons (Fsp3) is 0.211. The second kappa shape index (κ2) is 5.25. The van der Waals surface area contributed by atoms with Gasteiger partial charge >= 0.3 is 0 Å². The van der Waals surface area contributed by atoms with Gasteiger partial charge in [-0.2, -0.15) is 0 Å². The topological polar surface area (TPSA) is 35.2 Å². The molecule has 0 amide bonds. The summed E-state index contributed by atoms with van der Waals surface area (Å²) in [6, 6.07) is 16.9. The van der Waals surface area contributed by atoms with E-state index < -0.39 is 0 Å². The lowest BCUT2D eigenvalue weighted by Crippen LogP contribution is -2.28. The van der Waals surface area contributed by atoms with Gasteiger partial charge in [-0.25, -0.2) is 4.98 Å². The van der Waals surface area contributed by atoms with Gasteiger partial charge in [0.2, 0.25) is 0 Å². The average molecular weight is 304 g/mol. The van der Waals surface area contributed by atoms with Crippen LogP contribution in [0.25, 0.3) is 16.7 Å². The van der Waals surface area contributed by atoms with Gasteiger partial charge in [0.05, 0.1) is 22.8 Å². The number of H-pyrrole nitrogens is 1. The number of hydrogen-bond acceptors (Lipinski definition) is 3. The Kier molecular flexibility index (Phi) is 3.20. The quantitative estimate of drug-likeness (QED) is 0.785. The van der Waals surface area contributed by atoms with Crippen LogP contribution in [-0.2, 0) is 0 Å². The molecule has 1 atom stereocenters. The summed E-state index contributed by atoms with van der Waals surface area (Å²) in [5.41, 5.74) is 5.72. The van der Waals surface area contributed by atoms with Gasteiger partial charge in [-0.05, 0) is 43.9 Å². The third-order valence-electron chi connectivity index (χ3n) is 4.48. The number of para-hydroxylation sites is 3. The highest BCUT2D eigenvalue weighted by atomic mass is 15.2. The van der Waals surface area contributed by atoms with Crippen LogP contribution in [0.4, 0.5) is 5.69 Å². The number of benzene rings is 2. The van der Waals surface area contributed by atoms with Crippen LogP contribution in [0.2, 0.25) is 0 Å². The van der Waals surface area contributed by atoms with Crippen molar-refractivity contribution in [3.05, 3.63) is 66.0 Å². The molecule has 2 aromatic carbocycles. The van der Waals surface area contributed by atoms with Crippen molar-refractivity contribution in [2.45, 2.75) is 6.04 Å². The Morgan fingerprint density at radius 3 is 2.57 bits per heavy atom. The molecule has 1 aliphatic rings. The monoisotopic (exact) mass is 304 g/mol. The zero-order chi connectivity index (χ0) is 16.0. The van der Waals surface area contributed by atoms with E-state index in [9.17, 15) is 0 Å². The Hall–Kier alpha value is -2.59. The molecule has 1 aliphatic heterocycles. The van der Waals surface area contributed by atoms with Gasteiger partial charge in [-0.15, -0.1) is 0 Å². The van der Waals surface area contributed by atoms with E-state index in [4.69, 9.17) is 4.98 Å². The molecule has 4 rings (SSSR count). The third-order valence-corrected chi connectivity index (χ3v) is 4.48. The molecule has 4 nitrogen and oxygen atoms in total. The molecule has 0 spiro atoms. The lowest BCUT2D eigenvalue weighted by atomic mass is 9.97. The minimum Gasteiger partial charge on any atom is -0.342 e. The smallest absolute Gasteiger partial charge is 0.154 e. The van der Waals surface area contributed by atoms with E-state index in [0.717, 1.165) is 22.6 Å². The number of nitrogens with one attached hydrogen (secondary N) is 1.